The van der Waals surface area contributed by atoms with Gasteiger partial charge in [0.15, 0.2) is 0 Å². The Hall–Kier alpha value is -0.770. The van der Waals surface area contributed by atoms with Gasteiger partial charge in [-0.25, -0.2) is 0 Å². The molecule has 2 aliphatic heterocycles. The van der Waals surface area contributed by atoms with Crippen LogP contribution in [0.25, 0.3) is 0 Å². The highest BCUT2D eigenvalue weighted by molar-refractivity contribution is 14.1. The number of hydrogen-bond donors (Lipinski definition) is 1. The molecule has 37 heavy (non-hydrogen) atoms. The number of hydrogen-bond acceptors (Lipinski definition) is 5. The van der Waals surface area contributed by atoms with Gasteiger partial charge in [-0.15, -0.1) is 5.10 Å². The van der Waals surface area contributed by atoms with Crippen molar-refractivity contribution in [3.05, 3.63) is 34.7 Å². The molecule has 6 nitrogen and oxygen atoms in total. The summed E-state index contributed by atoms with van der Waals surface area (Å²) in [6, 6.07) is 0.442. The molecule has 3 heterocycles. The Labute approximate surface area is 235 Å². The second-order valence-electron chi connectivity index (χ2n) is 13.7. The molecule has 1 aromatic heterocycles. The smallest absolute Gasteiger partial charge is 0.0976 e. The van der Waals surface area contributed by atoms with E-state index >= 15 is 0 Å². The van der Waals surface area contributed by atoms with Crippen molar-refractivity contribution in [1.29, 1.82) is 0 Å². The van der Waals surface area contributed by atoms with E-state index in [4.69, 9.17) is 4.74 Å². The van der Waals surface area contributed by atoms with Crippen LogP contribution in [0.3, 0.4) is 0 Å². The minimum atomic E-state index is -0.133. The minimum absolute atomic E-state index is 0.113. The van der Waals surface area contributed by atoms with E-state index in [1.165, 1.54) is 25.7 Å². The molecule has 10 atom stereocenters. The van der Waals surface area contributed by atoms with Crippen molar-refractivity contribution in [2.75, 3.05) is 6.54 Å². The van der Waals surface area contributed by atoms with Crippen molar-refractivity contribution >= 4 is 22.9 Å². The predicted octanol–water partition coefficient (Wildman–Crippen LogP) is 5.70. The lowest BCUT2D eigenvalue weighted by Crippen LogP contribution is -2.51. The van der Waals surface area contributed by atoms with Crippen LogP contribution in [0.4, 0.5) is 0 Å². The number of halogens is 1. The van der Waals surface area contributed by atoms with Crippen LogP contribution in [0.15, 0.2) is 29.0 Å². The number of rotatable bonds is 2. The lowest BCUT2D eigenvalue weighted by atomic mass is 9.56. The van der Waals surface area contributed by atoms with E-state index < -0.39 is 0 Å². The fourth-order valence-electron chi connectivity index (χ4n) is 10.2. The first-order valence-corrected chi connectivity index (χ1v) is 15.7. The Balaban J connectivity index is 1.20. The van der Waals surface area contributed by atoms with Gasteiger partial charge in [-0.05, 0) is 93.0 Å². The molecule has 6 aliphatic rings. The number of nitrogens with zero attached hydrogens (tertiary/aromatic N) is 4. The quantitative estimate of drug-likeness (QED) is 0.340. The number of fused-ring (bicyclic) bond motifs is 6. The molecule has 4 aliphatic carbocycles. The molecule has 2 saturated carbocycles. The molecule has 0 radical (unpaired) electrons. The summed E-state index contributed by atoms with van der Waals surface area (Å²) < 4.78 is 9.07. The highest BCUT2D eigenvalue weighted by Crippen LogP contribution is 2.65. The Morgan fingerprint density at radius 3 is 2.84 bits per heavy atom. The first kappa shape index (κ1) is 25.2. The minimum Gasteiger partial charge on any atom is -0.393 e. The maximum atomic E-state index is 10.4. The van der Waals surface area contributed by atoms with Crippen LogP contribution >= 0.6 is 22.9 Å². The predicted molar refractivity (Wildman–Crippen MR) is 152 cm³/mol. The van der Waals surface area contributed by atoms with Gasteiger partial charge in [-0.1, -0.05) is 43.2 Å². The van der Waals surface area contributed by atoms with Gasteiger partial charge in [0, 0.05) is 25.0 Å². The summed E-state index contributed by atoms with van der Waals surface area (Å²) in [5.41, 5.74) is 6.12. The van der Waals surface area contributed by atoms with Gasteiger partial charge in [-0.2, -0.15) is 2.90 Å². The summed E-state index contributed by atoms with van der Waals surface area (Å²) >= 11 is 2.19. The Morgan fingerprint density at radius 2 is 2.05 bits per heavy atom. The second kappa shape index (κ2) is 8.87. The van der Waals surface area contributed by atoms with E-state index in [1.54, 1.807) is 19.6 Å². The number of aliphatic hydroxyl groups excluding tert-OH is 1. The lowest BCUT2D eigenvalue weighted by molar-refractivity contribution is -0.0657. The number of allylic oxidation sites excluding steroid dienone is 2. The van der Waals surface area contributed by atoms with E-state index in [0.717, 1.165) is 62.2 Å². The normalized spacial score (nSPS) is 47.5. The van der Waals surface area contributed by atoms with Gasteiger partial charge in [0.05, 0.1) is 52.6 Å². The van der Waals surface area contributed by atoms with Crippen LogP contribution < -0.4 is 0 Å². The molecular formula is C30H43IN4O2. The van der Waals surface area contributed by atoms with E-state index in [-0.39, 0.29) is 17.1 Å². The number of piperidine rings is 1. The molecule has 1 N–H and O–H groups in total. The molecule has 202 valence electrons. The van der Waals surface area contributed by atoms with Crippen LogP contribution in [0, 0.1) is 35.0 Å². The zero-order valence-electron chi connectivity index (χ0n) is 22.9. The standard InChI is InChI=1S/C30H43IN4O2/c1-17-11-27-28(34(14-17)15-21-16-35(31)33-32-21)19(3)30(37-27)10-8-23-24-6-5-20-12-22(36)7-9-29(20,4)26(24)13-25(23)18(30)2/h5,16-17,19,22-24,26-28,36H,6-15H2,1-4H3/t17-,19+,22-,23-,24-,26?,27+,28-,29-,30-/m0/s1. The van der Waals surface area contributed by atoms with Crippen LogP contribution in [0.2, 0.25) is 0 Å². The lowest BCUT2D eigenvalue weighted by Gasteiger charge is -2.49. The van der Waals surface area contributed by atoms with Gasteiger partial charge in [0.2, 0.25) is 0 Å². The summed E-state index contributed by atoms with van der Waals surface area (Å²) in [6.07, 6.45) is 13.8. The molecule has 1 unspecified atom stereocenters. The van der Waals surface area contributed by atoms with Crippen LogP contribution in [-0.2, 0) is 11.3 Å². The van der Waals surface area contributed by atoms with Crippen LogP contribution in [0.1, 0.15) is 84.8 Å². The molecule has 7 heteroatoms. The van der Waals surface area contributed by atoms with Crippen molar-refractivity contribution in [3.8, 4) is 0 Å². The van der Waals surface area contributed by atoms with E-state index in [9.17, 15) is 5.11 Å². The van der Waals surface area contributed by atoms with Crippen molar-refractivity contribution in [3.63, 3.8) is 0 Å². The molecular weight excluding hydrogens is 575 g/mol. The summed E-state index contributed by atoms with van der Waals surface area (Å²) in [6.45, 7) is 11.8. The molecule has 1 aromatic rings. The molecule has 0 aromatic carbocycles. The maximum Gasteiger partial charge on any atom is 0.0976 e. The van der Waals surface area contributed by atoms with Gasteiger partial charge in [0.25, 0.3) is 0 Å². The fraction of sp³-hybridized carbons (Fsp3) is 0.800. The van der Waals surface area contributed by atoms with Crippen LogP contribution in [-0.4, -0.2) is 53.6 Å². The molecule has 0 amide bonds. The zero-order chi connectivity index (χ0) is 25.7. The Bertz CT molecular complexity index is 1150. The third-order valence-corrected chi connectivity index (χ3v) is 12.4. The van der Waals surface area contributed by atoms with E-state index in [1.807, 2.05) is 0 Å². The third-order valence-electron chi connectivity index (χ3n) is 12.0. The average Bonchev–Trinajstić information content (AvgIpc) is 3.52. The van der Waals surface area contributed by atoms with Crippen molar-refractivity contribution in [2.45, 2.75) is 109 Å². The van der Waals surface area contributed by atoms with Crippen molar-refractivity contribution in [2.24, 2.45) is 35.0 Å². The van der Waals surface area contributed by atoms with Crippen molar-refractivity contribution in [1.82, 2.24) is 18.1 Å². The van der Waals surface area contributed by atoms with Gasteiger partial charge >= 0.3 is 0 Å². The average molecular weight is 619 g/mol. The number of aromatic nitrogens is 3. The number of ether oxygens (including phenoxy) is 1. The number of aliphatic hydroxyl groups is 1. The summed E-state index contributed by atoms with van der Waals surface area (Å²) in [4.78, 5) is 2.67. The van der Waals surface area contributed by atoms with Gasteiger partial charge < -0.3 is 9.84 Å². The first-order chi connectivity index (χ1) is 17.7. The number of likely N-dealkylation sites (tertiary alicyclic amines) is 1. The highest BCUT2D eigenvalue weighted by atomic mass is 127. The molecule has 1 spiro atoms. The first-order valence-electron chi connectivity index (χ1n) is 14.8. The fourth-order valence-corrected chi connectivity index (χ4v) is 10.6. The highest BCUT2D eigenvalue weighted by Gasteiger charge is 2.61. The largest absolute Gasteiger partial charge is 0.393 e. The summed E-state index contributed by atoms with van der Waals surface area (Å²) in [5, 5.41) is 19.0. The molecule has 2 saturated heterocycles. The maximum absolute atomic E-state index is 10.4. The third kappa shape index (κ3) is 3.72. The van der Waals surface area contributed by atoms with Gasteiger partial charge in [-0.3, -0.25) is 4.90 Å². The van der Waals surface area contributed by atoms with Crippen molar-refractivity contribution < 1.29 is 9.84 Å². The molecule has 7 rings (SSSR count). The second-order valence-corrected chi connectivity index (χ2v) is 14.7. The SMILES string of the molecule is CC1=C2CC3[C@@H](CC=C4C[C@@H](O)CC[C@@]43C)[C@@H]2CC[C@]12O[C@@H]1C[C@H](C)CN(Cc3cn(I)nn3)[C@H]1[C@H]2C. The van der Waals surface area contributed by atoms with E-state index in [2.05, 4.69) is 78.0 Å². The summed E-state index contributed by atoms with van der Waals surface area (Å²) in [5.74, 6) is 3.34. The zero-order valence-corrected chi connectivity index (χ0v) is 25.0. The Morgan fingerprint density at radius 1 is 1.22 bits per heavy atom. The van der Waals surface area contributed by atoms with E-state index in [0.29, 0.717) is 24.0 Å². The monoisotopic (exact) mass is 618 g/mol. The molecule has 4 fully saturated rings. The van der Waals surface area contributed by atoms with Gasteiger partial charge in [0.1, 0.15) is 0 Å². The topological polar surface area (TPSA) is 63.4 Å². The van der Waals surface area contributed by atoms with Crippen LogP contribution in [0.5, 0.6) is 0 Å². The Kier molecular flexibility index (Phi) is 6.04. The summed E-state index contributed by atoms with van der Waals surface area (Å²) in [7, 11) is 0. The molecule has 0 bridgehead atoms.